The fraction of sp³-hybridized carbons (Fsp3) is 0.818. The molecule has 1 rings (SSSR count). The Labute approximate surface area is 101 Å². The molecule has 92 valence electrons. The number of halogens is 1. The van der Waals surface area contributed by atoms with Crippen molar-refractivity contribution in [2.45, 2.75) is 32.7 Å². The summed E-state index contributed by atoms with van der Waals surface area (Å²) in [7, 11) is 0. The van der Waals surface area contributed by atoms with E-state index >= 15 is 0 Å². The number of likely N-dealkylation sites (tertiary alicyclic amines) is 1. The van der Waals surface area contributed by atoms with Gasteiger partial charge in [-0.15, -0.1) is 11.6 Å². The molecule has 1 heterocycles. The Morgan fingerprint density at radius 3 is 2.69 bits per heavy atom. The Morgan fingerprint density at radius 1 is 1.69 bits per heavy atom. The number of amides is 1. The fourth-order valence-electron chi connectivity index (χ4n) is 2.09. The molecule has 0 aromatic rings. The van der Waals surface area contributed by atoms with Crippen molar-refractivity contribution in [3.63, 3.8) is 0 Å². The van der Waals surface area contributed by atoms with Crippen molar-refractivity contribution in [3.8, 4) is 0 Å². The molecule has 0 aliphatic carbocycles. The summed E-state index contributed by atoms with van der Waals surface area (Å²) in [6, 6.07) is -0.703. The van der Waals surface area contributed by atoms with Crippen LogP contribution in [-0.4, -0.2) is 40.3 Å². The minimum atomic E-state index is -0.919. The standard InChI is InChI=1S/C11H18ClNO3/c1-3-7(2)10(11(15)16)13-6-8(5-12)4-9(13)14/h7-8,10H,3-6H2,1-2H3,(H,15,16). The smallest absolute Gasteiger partial charge is 0.326 e. The summed E-state index contributed by atoms with van der Waals surface area (Å²) in [5.74, 6) is -0.526. The van der Waals surface area contributed by atoms with Gasteiger partial charge in [0.2, 0.25) is 5.91 Å². The fourth-order valence-corrected chi connectivity index (χ4v) is 2.29. The van der Waals surface area contributed by atoms with Crippen LogP contribution >= 0.6 is 11.6 Å². The zero-order valence-corrected chi connectivity index (χ0v) is 10.4. The van der Waals surface area contributed by atoms with Crippen LogP contribution in [-0.2, 0) is 9.59 Å². The number of hydrogen-bond acceptors (Lipinski definition) is 2. The number of aliphatic carboxylic acids is 1. The van der Waals surface area contributed by atoms with Gasteiger partial charge in [0.05, 0.1) is 0 Å². The molecule has 16 heavy (non-hydrogen) atoms. The third-order valence-corrected chi connectivity index (χ3v) is 3.66. The average Bonchev–Trinajstić information content (AvgIpc) is 2.59. The summed E-state index contributed by atoms with van der Waals surface area (Å²) in [6.07, 6.45) is 1.12. The average molecular weight is 248 g/mol. The summed E-state index contributed by atoms with van der Waals surface area (Å²) < 4.78 is 0. The minimum absolute atomic E-state index is 0.0319. The lowest BCUT2D eigenvalue weighted by atomic mass is 9.98. The lowest BCUT2D eigenvalue weighted by Gasteiger charge is -2.29. The summed E-state index contributed by atoms with van der Waals surface area (Å²) in [5, 5.41) is 9.19. The van der Waals surface area contributed by atoms with Crippen molar-refractivity contribution < 1.29 is 14.7 Å². The van der Waals surface area contributed by atoms with Crippen molar-refractivity contribution in [1.29, 1.82) is 0 Å². The molecule has 0 aromatic carbocycles. The molecule has 0 bridgehead atoms. The first-order valence-electron chi connectivity index (χ1n) is 5.59. The normalized spacial score (nSPS) is 24.6. The van der Waals surface area contributed by atoms with E-state index in [1.165, 1.54) is 4.90 Å². The van der Waals surface area contributed by atoms with Crippen LogP contribution in [0.1, 0.15) is 26.7 Å². The minimum Gasteiger partial charge on any atom is -0.480 e. The van der Waals surface area contributed by atoms with Crippen LogP contribution in [0.4, 0.5) is 0 Å². The van der Waals surface area contributed by atoms with Crippen LogP contribution in [0.2, 0.25) is 0 Å². The predicted octanol–water partition coefficient (Wildman–Crippen LogP) is 1.57. The summed E-state index contributed by atoms with van der Waals surface area (Å²) in [4.78, 5) is 24.4. The number of rotatable bonds is 5. The van der Waals surface area contributed by atoms with Crippen molar-refractivity contribution >= 4 is 23.5 Å². The number of nitrogens with zero attached hydrogens (tertiary/aromatic N) is 1. The molecule has 1 N–H and O–H groups in total. The maximum Gasteiger partial charge on any atom is 0.326 e. The second-order valence-corrected chi connectivity index (χ2v) is 4.75. The first-order valence-corrected chi connectivity index (χ1v) is 6.12. The molecular formula is C11H18ClNO3. The van der Waals surface area contributed by atoms with Gasteiger partial charge in [0.25, 0.3) is 0 Å². The third kappa shape index (κ3) is 2.67. The highest BCUT2D eigenvalue weighted by Crippen LogP contribution is 2.25. The topological polar surface area (TPSA) is 57.6 Å². The third-order valence-electron chi connectivity index (χ3n) is 3.23. The van der Waals surface area contributed by atoms with E-state index in [0.717, 1.165) is 6.42 Å². The van der Waals surface area contributed by atoms with Gasteiger partial charge in [-0.3, -0.25) is 4.79 Å². The van der Waals surface area contributed by atoms with Gasteiger partial charge < -0.3 is 10.0 Å². The van der Waals surface area contributed by atoms with E-state index in [1.807, 2.05) is 13.8 Å². The molecule has 0 radical (unpaired) electrons. The van der Waals surface area contributed by atoms with Gasteiger partial charge >= 0.3 is 5.97 Å². The summed E-state index contributed by atoms with van der Waals surface area (Å²) >= 11 is 5.71. The van der Waals surface area contributed by atoms with Crippen LogP contribution in [0, 0.1) is 11.8 Å². The SMILES string of the molecule is CCC(C)C(C(=O)O)N1CC(CCl)CC1=O. The van der Waals surface area contributed by atoms with E-state index in [2.05, 4.69) is 0 Å². The molecule has 0 spiro atoms. The maximum absolute atomic E-state index is 11.7. The van der Waals surface area contributed by atoms with E-state index in [1.54, 1.807) is 0 Å². The van der Waals surface area contributed by atoms with Crippen LogP contribution in [0.3, 0.4) is 0 Å². The number of hydrogen-bond donors (Lipinski definition) is 1. The van der Waals surface area contributed by atoms with E-state index in [4.69, 9.17) is 11.6 Å². The van der Waals surface area contributed by atoms with Gasteiger partial charge in [-0.2, -0.15) is 0 Å². The molecule has 3 atom stereocenters. The Bertz CT molecular complexity index is 282. The van der Waals surface area contributed by atoms with E-state index in [0.29, 0.717) is 18.8 Å². The van der Waals surface area contributed by atoms with Crippen LogP contribution in [0.25, 0.3) is 0 Å². The van der Waals surface area contributed by atoms with E-state index in [9.17, 15) is 14.7 Å². The lowest BCUT2D eigenvalue weighted by molar-refractivity contribution is -0.150. The van der Waals surface area contributed by atoms with Gasteiger partial charge in [0.15, 0.2) is 0 Å². The second kappa shape index (κ2) is 5.53. The predicted molar refractivity (Wildman–Crippen MR) is 61.4 cm³/mol. The van der Waals surface area contributed by atoms with Crippen molar-refractivity contribution in [2.75, 3.05) is 12.4 Å². The number of carboxylic acid groups (broad SMARTS) is 1. The van der Waals surface area contributed by atoms with Crippen LogP contribution in [0.15, 0.2) is 0 Å². The second-order valence-electron chi connectivity index (χ2n) is 4.44. The maximum atomic E-state index is 11.7. The molecule has 3 unspecified atom stereocenters. The Kier molecular flexibility index (Phi) is 4.59. The lowest BCUT2D eigenvalue weighted by Crippen LogP contribution is -2.46. The first kappa shape index (κ1) is 13.3. The Balaban J connectivity index is 2.80. The molecule has 1 saturated heterocycles. The van der Waals surface area contributed by atoms with E-state index < -0.39 is 12.0 Å². The largest absolute Gasteiger partial charge is 0.480 e. The molecule has 0 saturated carbocycles. The van der Waals surface area contributed by atoms with Crippen molar-refractivity contribution in [1.82, 2.24) is 4.90 Å². The number of carbonyl (C=O) groups excluding carboxylic acids is 1. The molecule has 1 aliphatic rings. The molecule has 1 fully saturated rings. The first-order chi connectivity index (χ1) is 7.51. The highest BCUT2D eigenvalue weighted by atomic mass is 35.5. The van der Waals surface area contributed by atoms with Gasteiger partial charge in [-0.1, -0.05) is 20.3 Å². The highest BCUT2D eigenvalue weighted by molar-refractivity contribution is 6.18. The molecule has 0 aromatic heterocycles. The van der Waals surface area contributed by atoms with E-state index in [-0.39, 0.29) is 17.7 Å². The molecule has 1 amide bonds. The quantitative estimate of drug-likeness (QED) is 0.751. The number of carbonyl (C=O) groups is 2. The molecule has 1 aliphatic heterocycles. The molecule has 5 heteroatoms. The van der Waals surface area contributed by atoms with Crippen LogP contribution in [0.5, 0.6) is 0 Å². The monoisotopic (exact) mass is 247 g/mol. The number of carboxylic acids is 1. The number of alkyl halides is 1. The summed E-state index contributed by atoms with van der Waals surface area (Å²) in [5.41, 5.74) is 0. The zero-order valence-electron chi connectivity index (χ0n) is 9.65. The molecule has 4 nitrogen and oxygen atoms in total. The Morgan fingerprint density at radius 2 is 2.31 bits per heavy atom. The van der Waals surface area contributed by atoms with Gasteiger partial charge in [-0.25, -0.2) is 4.79 Å². The Hall–Kier alpha value is -0.770. The van der Waals surface area contributed by atoms with Crippen molar-refractivity contribution in [3.05, 3.63) is 0 Å². The highest BCUT2D eigenvalue weighted by Gasteiger charge is 2.39. The van der Waals surface area contributed by atoms with Gasteiger partial charge in [-0.05, 0) is 11.8 Å². The van der Waals surface area contributed by atoms with Gasteiger partial charge in [0, 0.05) is 18.8 Å². The van der Waals surface area contributed by atoms with Crippen LogP contribution < -0.4 is 0 Å². The molecular weight excluding hydrogens is 230 g/mol. The zero-order chi connectivity index (χ0) is 12.3. The van der Waals surface area contributed by atoms with Gasteiger partial charge in [0.1, 0.15) is 6.04 Å². The van der Waals surface area contributed by atoms with Crippen molar-refractivity contribution in [2.24, 2.45) is 11.8 Å². The summed E-state index contributed by atoms with van der Waals surface area (Å²) in [6.45, 7) is 4.27.